The van der Waals surface area contributed by atoms with E-state index in [4.69, 9.17) is 9.26 Å². The molecule has 0 amide bonds. The van der Waals surface area contributed by atoms with Crippen molar-refractivity contribution in [3.63, 3.8) is 0 Å². The summed E-state index contributed by atoms with van der Waals surface area (Å²) in [5.41, 5.74) is 1.33. The minimum absolute atomic E-state index is 0.306. The summed E-state index contributed by atoms with van der Waals surface area (Å²) in [7, 11) is 1.67. The molecule has 2 heterocycles. The number of allylic oxidation sites excluding steroid dienone is 1. The molecule has 0 aromatic rings. The van der Waals surface area contributed by atoms with Crippen LogP contribution in [0.3, 0.4) is 0 Å². The van der Waals surface area contributed by atoms with Crippen LogP contribution >= 0.6 is 18.9 Å². The molecule has 0 radical (unpaired) electrons. The molecule has 3 nitrogen and oxygen atoms in total. The first kappa shape index (κ1) is 17.3. The van der Waals surface area contributed by atoms with Gasteiger partial charge in [0.05, 0.1) is 12.2 Å². The SMILES string of the molecule is B[C@H]1CN([P@@]2O[C@H]3C[C@H](C(=C)C)CC[C@]3(C)S2)C[C@@H](CC)O1. The van der Waals surface area contributed by atoms with Crippen molar-refractivity contribution in [2.75, 3.05) is 13.1 Å². The Morgan fingerprint density at radius 2 is 2.27 bits per heavy atom. The number of ether oxygens (including phenoxy) is 1. The molecule has 0 spiro atoms. The van der Waals surface area contributed by atoms with Gasteiger partial charge >= 0.3 is 0 Å². The Balaban J connectivity index is 1.67. The molecular formula is C16H29BNO2PS. The first-order valence-corrected chi connectivity index (χ1v) is 11.3. The molecular weight excluding hydrogens is 312 g/mol. The molecule has 3 rings (SSSR count). The van der Waals surface area contributed by atoms with Crippen LogP contribution in [-0.4, -0.2) is 48.6 Å². The van der Waals surface area contributed by atoms with E-state index in [-0.39, 0.29) is 0 Å². The zero-order chi connectivity index (χ0) is 15.9. The van der Waals surface area contributed by atoms with Crippen molar-refractivity contribution in [1.29, 1.82) is 0 Å². The Morgan fingerprint density at radius 3 is 2.95 bits per heavy atom. The van der Waals surface area contributed by atoms with Crippen molar-refractivity contribution in [3.8, 4) is 0 Å². The monoisotopic (exact) mass is 341 g/mol. The molecule has 2 saturated heterocycles. The first-order valence-electron chi connectivity index (χ1n) is 8.63. The van der Waals surface area contributed by atoms with Gasteiger partial charge in [-0.15, -0.1) is 0 Å². The standard InChI is InChI=1S/C16H29BNO2PS/c1-5-13-9-18(10-15(17)19-13)21-20-14-8-12(11(2)3)6-7-16(14,4)22-21/h12-15H,2,5-10,17H2,1,3-4H3/t12-,13-,14+,15-,16+,21+/m1/s1. The van der Waals surface area contributed by atoms with Gasteiger partial charge in [-0.05, 0) is 45.4 Å². The van der Waals surface area contributed by atoms with Gasteiger partial charge in [0.2, 0.25) is 0 Å². The van der Waals surface area contributed by atoms with Gasteiger partial charge in [0, 0.05) is 23.8 Å². The van der Waals surface area contributed by atoms with Gasteiger partial charge in [0.1, 0.15) is 7.85 Å². The van der Waals surface area contributed by atoms with Gasteiger partial charge in [0.15, 0.2) is 7.50 Å². The van der Waals surface area contributed by atoms with Crippen LogP contribution in [0.5, 0.6) is 0 Å². The fourth-order valence-electron chi connectivity index (χ4n) is 3.77. The van der Waals surface area contributed by atoms with E-state index in [9.17, 15) is 0 Å². The van der Waals surface area contributed by atoms with Crippen molar-refractivity contribution in [2.45, 2.75) is 69.4 Å². The molecule has 3 aliphatic rings. The van der Waals surface area contributed by atoms with E-state index in [1.165, 1.54) is 18.4 Å². The van der Waals surface area contributed by atoms with E-state index in [1.54, 1.807) is 0 Å². The summed E-state index contributed by atoms with van der Waals surface area (Å²) in [6.45, 7) is 13.0. The summed E-state index contributed by atoms with van der Waals surface area (Å²) < 4.78 is 15.5. The van der Waals surface area contributed by atoms with Gasteiger partial charge < -0.3 is 9.26 Å². The molecule has 2 aliphatic heterocycles. The van der Waals surface area contributed by atoms with Crippen molar-refractivity contribution in [1.82, 2.24) is 4.67 Å². The van der Waals surface area contributed by atoms with Gasteiger partial charge in [-0.25, -0.2) is 4.67 Å². The lowest BCUT2D eigenvalue weighted by Gasteiger charge is -2.38. The van der Waals surface area contributed by atoms with E-state index in [0.29, 0.717) is 28.9 Å². The zero-order valence-corrected chi connectivity index (χ0v) is 16.1. The maximum absolute atomic E-state index is 6.59. The smallest absolute Gasteiger partial charge is 0.170 e. The highest BCUT2D eigenvalue weighted by Crippen LogP contribution is 2.71. The van der Waals surface area contributed by atoms with Crippen LogP contribution in [0.1, 0.15) is 46.5 Å². The lowest BCUT2D eigenvalue weighted by molar-refractivity contribution is -0.0276. The highest BCUT2D eigenvalue weighted by Gasteiger charge is 2.52. The predicted molar refractivity (Wildman–Crippen MR) is 99.0 cm³/mol. The summed E-state index contributed by atoms with van der Waals surface area (Å²) in [6, 6.07) is 0.323. The quantitative estimate of drug-likeness (QED) is 0.445. The fraction of sp³-hybridized carbons (Fsp3) is 0.875. The number of hydrogen-bond acceptors (Lipinski definition) is 4. The Hall–Kier alpha value is 0.465. The highest BCUT2D eigenvalue weighted by atomic mass is 32.7. The van der Waals surface area contributed by atoms with Gasteiger partial charge in [-0.2, -0.15) is 0 Å². The average molecular weight is 341 g/mol. The minimum atomic E-state index is -0.519. The Kier molecular flexibility index (Phi) is 5.31. The van der Waals surface area contributed by atoms with Crippen molar-refractivity contribution in [2.24, 2.45) is 5.92 Å². The number of hydrogen-bond donors (Lipinski definition) is 0. The lowest BCUT2D eigenvalue weighted by Crippen LogP contribution is -2.44. The number of fused-ring (bicyclic) bond motifs is 1. The molecule has 124 valence electrons. The summed E-state index contributed by atoms with van der Waals surface area (Å²) in [5.74, 6) is 0.653. The van der Waals surface area contributed by atoms with Gasteiger partial charge in [0.25, 0.3) is 0 Å². The Labute approximate surface area is 141 Å². The van der Waals surface area contributed by atoms with E-state index < -0.39 is 7.50 Å². The van der Waals surface area contributed by atoms with E-state index in [2.05, 4.69) is 51.2 Å². The van der Waals surface area contributed by atoms with E-state index >= 15 is 0 Å². The number of rotatable bonds is 3. The first-order chi connectivity index (χ1) is 10.4. The van der Waals surface area contributed by atoms with E-state index in [1.807, 2.05) is 0 Å². The fourth-order valence-corrected chi connectivity index (χ4v) is 9.06. The lowest BCUT2D eigenvalue weighted by atomic mass is 9.77. The van der Waals surface area contributed by atoms with Crippen LogP contribution in [-0.2, 0) is 9.26 Å². The maximum atomic E-state index is 6.59. The summed E-state index contributed by atoms with van der Waals surface area (Å²) >= 11 is 2.12. The second-order valence-electron chi connectivity index (χ2n) is 7.40. The molecule has 0 aromatic carbocycles. The molecule has 0 N–H and O–H groups in total. The van der Waals surface area contributed by atoms with E-state index in [0.717, 1.165) is 25.9 Å². The van der Waals surface area contributed by atoms with Gasteiger partial charge in [-0.1, -0.05) is 30.5 Å². The molecule has 3 fully saturated rings. The highest BCUT2D eigenvalue weighted by molar-refractivity contribution is 8.54. The topological polar surface area (TPSA) is 21.7 Å². The van der Waals surface area contributed by atoms with Crippen LogP contribution in [0.4, 0.5) is 0 Å². The molecule has 6 atom stereocenters. The predicted octanol–water partition coefficient (Wildman–Crippen LogP) is 3.55. The maximum Gasteiger partial charge on any atom is 0.170 e. The van der Waals surface area contributed by atoms with Crippen LogP contribution in [0.15, 0.2) is 12.2 Å². The molecule has 0 aromatic heterocycles. The third-order valence-electron chi connectivity index (χ3n) is 5.36. The molecule has 22 heavy (non-hydrogen) atoms. The third-order valence-corrected chi connectivity index (χ3v) is 10.3. The second-order valence-corrected chi connectivity index (χ2v) is 11.3. The van der Waals surface area contributed by atoms with Crippen molar-refractivity contribution < 1.29 is 9.26 Å². The Bertz CT molecular complexity index is 440. The number of morpholine rings is 1. The second kappa shape index (κ2) is 6.76. The zero-order valence-electron chi connectivity index (χ0n) is 14.4. The molecule has 6 heteroatoms. The molecule has 0 bridgehead atoms. The third kappa shape index (κ3) is 3.44. The van der Waals surface area contributed by atoms with Crippen LogP contribution in [0.2, 0.25) is 0 Å². The molecule has 0 unspecified atom stereocenters. The number of nitrogens with zero attached hydrogens (tertiary/aromatic N) is 1. The Morgan fingerprint density at radius 1 is 1.50 bits per heavy atom. The van der Waals surface area contributed by atoms with Gasteiger partial charge in [-0.3, -0.25) is 0 Å². The van der Waals surface area contributed by atoms with Crippen LogP contribution < -0.4 is 0 Å². The molecule has 1 aliphatic carbocycles. The normalized spacial score (nSPS) is 46.4. The summed E-state index contributed by atoms with van der Waals surface area (Å²) in [4.78, 5) is 0. The van der Waals surface area contributed by atoms with Crippen molar-refractivity contribution >= 4 is 26.7 Å². The molecule has 1 saturated carbocycles. The summed E-state index contributed by atoms with van der Waals surface area (Å²) in [6.07, 6.45) is 5.56. The average Bonchev–Trinajstić information content (AvgIpc) is 2.82. The van der Waals surface area contributed by atoms with Crippen LogP contribution in [0, 0.1) is 5.92 Å². The summed E-state index contributed by atoms with van der Waals surface area (Å²) in [5, 5.41) is 0. The van der Waals surface area contributed by atoms with Crippen LogP contribution in [0.25, 0.3) is 0 Å². The minimum Gasteiger partial charge on any atom is -0.381 e. The van der Waals surface area contributed by atoms with Crippen molar-refractivity contribution in [3.05, 3.63) is 12.2 Å². The largest absolute Gasteiger partial charge is 0.381 e.